The largest absolute Gasteiger partial charge is 0.443 e. The Morgan fingerprint density at radius 1 is 0.778 bits per heavy atom. The summed E-state index contributed by atoms with van der Waals surface area (Å²) >= 11 is 0. The van der Waals surface area contributed by atoms with Crippen LogP contribution in [0.15, 0.2) is 48.5 Å². The molecule has 2 amide bonds. The third kappa shape index (κ3) is 9.14. The fraction of sp³-hybridized carbons (Fsp3) is 0.400. The van der Waals surface area contributed by atoms with Crippen molar-refractivity contribution in [2.75, 3.05) is 22.9 Å². The highest BCUT2D eigenvalue weighted by Gasteiger charge is 2.24. The molecule has 36 heavy (non-hydrogen) atoms. The van der Waals surface area contributed by atoms with Gasteiger partial charge in [-0.2, -0.15) is 0 Å². The number of hydrogen-bond acceptors (Lipinski definition) is 4. The van der Waals surface area contributed by atoms with Gasteiger partial charge in [0.25, 0.3) is 0 Å². The molecule has 0 bridgehead atoms. The van der Waals surface area contributed by atoms with Gasteiger partial charge in [0.15, 0.2) is 0 Å². The van der Waals surface area contributed by atoms with Crippen LogP contribution in [0.4, 0.5) is 21.0 Å². The van der Waals surface area contributed by atoms with E-state index in [-0.39, 0.29) is 12.6 Å². The average Bonchev–Trinajstić information content (AvgIpc) is 2.78. The zero-order valence-corrected chi connectivity index (χ0v) is 22.5. The molecule has 0 aromatic heterocycles. The summed E-state index contributed by atoms with van der Waals surface area (Å²) in [5, 5.41) is 0. The predicted octanol–water partition coefficient (Wildman–Crippen LogP) is 7.38. The normalized spacial score (nSPS) is 11.6. The van der Waals surface area contributed by atoms with Crippen molar-refractivity contribution in [2.45, 2.75) is 66.1 Å². The smallest absolute Gasteiger partial charge is 0.415 e. The van der Waals surface area contributed by atoms with Crippen LogP contribution in [0.5, 0.6) is 0 Å². The van der Waals surface area contributed by atoms with Crippen molar-refractivity contribution in [3.8, 4) is 12.3 Å². The molecule has 0 aliphatic heterocycles. The van der Waals surface area contributed by atoms with Crippen LogP contribution in [0.25, 0.3) is 12.2 Å². The Morgan fingerprint density at radius 3 is 1.53 bits per heavy atom. The second-order valence-corrected chi connectivity index (χ2v) is 10.4. The van der Waals surface area contributed by atoms with E-state index in [0.717, 1.165) is 23.2 Å². The van der Waals surface area contributed by atoms with Gasteiger partial charge in [-0.3, -0.25) is 9.80 Å². The van der Waals surface area contributed by atoms with Crippen molar-refractivity contribution < 1.29 is 19.1 Å². The standard InChI is InChI=1S/C30H38N2O4/c1-9-21-31(27(33)35-29(3,4)5)25-17-13-23(14-18-25)11-12-24-15-19-26(20-16-24)32(22-10-2)28(34)36-30(6,7)8/h1,11-20H,10,21-22H2,2-8H3/b12-11+. The third-order valence-corrected chi connectivity index (χ3v) is 4.80. The number of carbonyl (C=O) groups is 2. The topological polar surface area (TPSA) is 59.1 Å². The maximum Gasteiger partial charge on any atom is 0.415 e. The van der Waals surface area contributed by atoms with Gasteiger partial charge in [-0.25, -0.2) is 9.59 Å². The first-order valence-corrected chi connectivity index (χ1v) is 12.2. The molecule has 192 valence electrons. The number of hydrogen-bond donors (Lipinski definition) is 0. The Balaban J connectivity index is 2.13. The second kappa shape index (κ2) is 12.3. The summed E-state index contributed by atoms with van der Waals surface area (Å²) in [6, 6.07) is 15.3. The van der Waals surface area contributed by atoms with E-state index < -0.39 is 17.3 Å². The summed E-state index contributed by atoms with van der Waals surface area (Å²) in [4.78, 5) is 28.2. The Labute approximate surface area is 215 Å². The molecule has 0 radical (unpaired) electrons. The molecule has 6 heteroatoms. The molecule has 6 nitrogen and oxygen atoms in total. The molecule has 0 atom stereocenters. The monoisotopic (exact) mass is 490 g/mol. The van der Waals surface area contributed by atoms with Gasteiger partial charge in [0.1, 0.15) is 11.2 Å². The summed E-state index contributed by atoms with van der Waals surface area (Å²) in [5.74, 6) is 2.51. The first-order valence-electron chi connectivity index (χ1n) is 12.2. The van der Waals surface area contributed by atoms with Crippen LogP contribution in [0.3, 0.4) is 0 Å². The molecule has 2 aromatic rings. The Kier molecular flexibility index (Phi) is 9.75. The number of rotatable bonds is 7. The highest BCUT2D eigenvalue weighted by Crippen LogP contribution is 2.22. The van der Waals surface area contributed by atoms with Crippen LogP contribution in [-0.2, 0) is 9.47 Å². The molecule has 2 rings (SSSR count). The van der Waals surface area contributed by atoms with Crippen molar-refractivity contribution in [1.29, 1.82) is 0 Å². The summed E-state index contributed by atoms with van der Waals surface area (Å²) in [7, 11) is 0. The first kappa shape index (κ1) is 28.5. The number of ether oxygens (including phenoxy) is 2. The molecule has 0 saturated carbocycles. The number of terminal acetylenes is 1. The van der Waals surface area contributed by atoms with Gasteiger partial charge < -0.3 is 9.47 Å². The molecule has 0 heterocycles. The van der Waals surface area contributed by atoms with E-state index in [1.807, 2.05) is 109 Å². The lowest BCUT2D eigenvalue weighted by atomic mass is 10.1. The van der Waals surface area contributed by atoms with Crippen molar-refractivity contribution in [3.63, 3.8) is 0 Å². The molecule has 0 N–H and O–H groups in total. The van der Waals surface area contributed by atoms with Crippen LogP contribution < -0.4 is 9.80 Å². The molecular formula is C30H38N2O4. The molecule has 0 saturated heterocycles. The van der Waals surface area contributed by atoms with Crippen molar-refractivity contribution >= 4 is 35.7 Å². The van der Waals surface area contributed by atoms with Crippen molar-refractivity contribution in [2.24, 2.45) is 0 Å². The first-order chi connectivity index (χ1) is 16.8. The minimum Gasteiger partial charge on any atom is -0.443 e. The zero-order valence-electron chi connectivity index (χ0n) is 22.5. The Hall–Kier alpha value is -3.72. The van der Waals surface area contributed by atoms with Gasteiger partial charge in [0.2, 0.25) is 0 Å². The summed E-state index contributed by atoms with van der Waals surface area (Å²) < 4.78 is 11.0. The molecule has 0 aliphatic rings. The van der Waals surface area contributed by atoms with Crippen LogP contribution in [0.1, 0.15) is 66.0 Å². The lowest BCUT2D eigenvalue weighted by molar-refractivity contribution is 0.0571. The highest BCUT2D eigenvalue weighted by atomic mass is 16.6. The fourth-order valence-electron chi connectivity index (χ4n) is 3.26. The van der Waals surface area contributed by atoms with Gasteiger partial charge in [-0.15, -0.1) is 6.42 Å². The van der Waals surface area contributed by atoms with Crippen molar-refractivity contribution in [1.82, 2.24) is 0 Å². The SMILES string of the molecule is C#CCN(C(=O)OC(C)(C)C)c1ccc(/C=C/c2ccc(N(CCC)C(=O)OC(C)(C)C)cc2)cc1. The average molecular weight is 491 g/mol. The van der Waals surface area contributed by atoms with E-state index in [0.29, 0.717) is 12.2 Å². The third-order valence-electron chi connectivity index (χ3n) is 4.80. The quantitative estimate of drug-likeness (QED) is 0.300. The molecule has 0 aliphatic carbocycles. The molecule has 0 fully saturated rings. The number of benzene rings is 2. The van der Waals surface area contributed by atoms with Crippen LogP contribution >= 0.6 is 0 Å². The molecule has 0 spiro atoms. The number of carbonyl (C=O) groups excluding carboxylic acids is 2. The summed E-state index contributed by atoms with van der Waals surface area (Å²) in [6.45, 7) is 13.8. The molecular weight excluding hydrogens is 452 g/mol. The van der Waals surface area contributed by atoms with E-state index in [2.05, 4.69) is 5.92 Å². The summed E-state index contributed by atoms with van der Waals surface area (Å²) in [5.41, 5.74) is 2.26. The number of amides is 2. The minimum atomic E-state index is -0.608. The van der Waals surface area contributed by atoms with E-state index in [1.165, 1.54) is 4.90 Å². The maximum atomic E-state index is 12.6. The Bertz CT molecular complexity index is 1080. The predicted molar refractivity (Wildman–Crippen MR) is 148 cm³/mol. The maximum absolute atomic E-state index is 12.6. The Morgan fingerprint density at radius 2 is 1.17 bits per heavy atom. The van der Waals surface area contributed by atoms with E-state index >= 15 is 0 Å². The van der Waals surface area contributed by atoms with Gasteiger partial charge in [0, 0.05) is 17.9 Å². The summed E-state index contributed by atoms with van der Waals surface area (Å²) in [6.07, 6.45) is 9.43. The highest BCUT2D eigenvalue weighted by molar-refractivity contribution is 5.89. The van der Waals surface area contributed by atoms with Crippen LogP contribution in [-0.4, -0.2) is 36.5 Å². The number of anilines is 2. The fourth-order valence-corrected chi connectivity index (χ4v) is 3.26. The van der Waals surface area contributed by atoms with E-state index in [4.69, 9.17) is 15.9 Å². The van der Waals surface area contributed by atoms with Crippen LogP contribution in [0, 0.1) is 12.3 Å². The lowest BCUT2D eigenvalue weighted by Crippen LogP contribution is -2.37. The molecule has 0 unspecified atom stereocenters. The van der Waals surface area contributed by atoms with Crippen LogP contribution in [0.2, 0.25) is 0 Å². The lowest BCUT2D eigenvalue weighted by Gasteiger charge is -2.27. The second-order valence-electron chi connectivity index (χ2n) is 10.4. The number of nitrogens with zero attached hydrogens (tertiary/aromatic N) is 2. The van der Waals surface area contributed by atoms with Gasteiger partial charge in [0.05, 0.1) is 6.54 Å². The van der Waals surface area contributed by atoms with Gasteiger partial charge in [-0.1, -0.05) is 49.3 Å². The van der Waals surface area contributed by atoms with E-state index in [1.54, 1.807) is 4.90 Å². The minimum absolute atomic E-state index is 0.120. The van der Waals surface area contributed by atoms with Crippen molar-refractivity contribution in [3.05, 3.63) is 59.7 Å². The molecule has 2 aromatic carbocycles. The van der Waals surface area contributed by atoms with Gasteiger partial charge in [-0.05, 0) is 83.4 Å². The van der Waals surface area contributed by atoms with E-state index in [9.17, 15) is 9.59 Å². The zero-order chi connectivity index (χ0) is 26.9. The van der Waals surface area contributed by atoms with Gasteiger partial charge >= 0.3 is 12.2 Å².